The summed E-state index contributed by atoms with van der Waals surface area (Å²) < 4.78 is 17.5. The number of hydrogen-bond donors (Lipinski definition) is 2. The van der Waals surface area contributed by atoms with Gasteiger partial charge in [-0.2, -0.15) is 0 Å². The summed E-state index contributed by atoms with van der Waals surface area (Å²) in [5.41, 5.74) is 9.55. The van der Waals surface area contributed by atoms with Crippen LogP contribution in [0.1, 0.15) is 39.4 Å². The molecule has 4 aromatic rings. The first-order valence-electron chi connectivity index (χ1n) is 13.4. The van der Waals surface area contributed by atoms with E-state index in [1.165, 1.54) is 16.7 Å². The molecule has 6 heteroatoms. The normalized spacial score (nSPS) is 13.2. The Morgan fingerprint density at radius 3 is 2.21 bits per heavy atom. The van der Waals surface area contributed by atoms with Crippen LogP contribution in [-0.4, -0.2) is 38.3 Å². The Bertz CT molecular complexity index is 1320. The van der Waals surface area contributed by atoms with E-state index in [2.05, 4.69) is 78.1 Å². The molecular formula is C33H34N2O4. The lowest BCUT2D eigenvalue weighted by Gasteiger charge is -2.30. The van der Waals surface area contributed by atoms with Gasteiger partial charge in [0, 0.05) is 17.5 Å². The van der Waals surface area contributed by atoms with Crippen LogP contribution in [-0.2, 0) is 6.42 Å². The highest BCUT2D eigenvalue weighted by molar-refractivity contribution is 5.93. The summed E-state index contributed by atoms with van der Waals surface area (Å²) in [5.74, 6) is 1.94. The summed E-state index contributed by atoms with van der Waals surface area (Å²) >= 11 is 0. The topological polar surface area (TPSA) is 82.8 Å². The highest BCUT2D eigenvalue weighted by atomic mass is 16.6. The van der Waals surface area contributed by atoms with E-state index in [0.717, 1.165) is 30.9 Å². The Morgan fingerprint density at radius 2 is 1.51 bits per heavy atom. The second-order valence-corrected chi connectivity index (χ2v) is 9.64. The van der Waals surface area contributed by atoms with Crippen molar-refractivity contribution in [3.8, 4) is 17.2 Å². The summed E-state index contributed by atoms with van der Waals surface area (Å²) in [5, 5.41) is 3.84. The van der Waals surface area contributed by atoms with Gasteiger partial charge in [-0.25, -0.2) is 0 Å². The third kappa shape index (κ3) is 6.98. The number of carbonyl (C=O) groups excluding carboxylic acids is 1. The Hall–Kier alpha value is -4.29. The van der Waals surface area contributed by atoms with Crippen molar-refractivity contribution in [1.29, 1.82) is 0 Å². The second-order valence-electron chi connectivity index (χ2n) is 9.64. The highest BCUT2D eigenvalue weighted by Gasteiger charge is 2.25. The standard InChI is InChI=1S/C33H34N2O4/c34-33(36)27-13-7-14-28(23-27)37-18-8-17-35-29(21-24-15-16-30-31(22-24)39-20-19-38-30)32(25-9-3-1-4-10-25)26-11-5-2-6-12-26/h1-7,9-16,22-23,29,32,35H,8,17-21H2,(H2,34,36). The lowest BCUT2D eigenvalue weighted by atomic mass is 9.82. The molecular weight excluding hydrogens is 488 g/mol. The minimum Gasteiger partial charge on any atom is -0.494 e. The molecule has 0 aliphatic carbocycles. The zero-order chi connectivity index (χ0) is 26.9. The van der Waals surface area contributed by atoms with Gasteiger partial charge in [0.25, 0.3) is 0 Å². The van der Waals surface area contributed by atoms with E-state index < -0.39 is 5.91 Å². The molecule has 6 nitrogen and oxygen atoms in total. The molecule has 1 unspecified atom stereocenters. The quantitative estimate of drug-likeness (QED) is 0.245. The van der Waals surface area contributed by atoms with Crippen LogP contribution in [0.15, 0.2) is 103 Å². The highest BCUT2D eigenvalue weighted by Crippen LogP contribution is 2.34. The van der Waals surface area contributed by atoms with Gasteiger partial charge in [0.05, 0.1) is 6.61 Å². The van der Waals surface area contributed by atoms with E-state index in [0.29, 0.717) is 31.1 Å². The zero-order valence-electron chi connectivity index (χ0n) is 21.9. The third-order valence-electron chi connectivity index (χ3n) is 6.90. The number of primary amides is 1. The molecule has 0 spiro atoms. The molecule has 0 radical (unpaired) electrons. The minimum absolute atomic E-state index is 0.121. The van der Waals surface area contributed by atoms with Gasteiger partial charge in [-0.05, 0) is 66.4 Å². The van der Waals surface area contributed by atoms with Crippen molar-refractivity contribution < 1.29 is 19.0 Å². The first kappa shape index (κ1) is 26.3. The van der Waals surface area contributed by atoms with Crippen molar-refractivity contribution in [2.75, 3.05) is 26.4 Å². The van der Waals surface area contributed by atoms with E-state index in [1.807, 2.05) is 12.1 Å². The smallest absolute Gasteiger partial charge is 0.248 e. The number of rotatable bonds is 12. The van der Waals surface area contributed by atoms with Crippen LogP contribution in [0.4, 0.5) is 0 Å². The Morgan fingerprint density at radius 1 is 0.821 bits per heavy atom. The van der Waals surface area contributed by atoms with Crippen molar-refractivity contribution in [2.24, 2.45) is 5.73 Å². The van der Waals surface area contributed by atoms with Crippen molar-refractivity contribution in [2.45, 2.75) is 24.8 Å². The molecule has 39 heavy (non-hydrogen) atoms. The van der Waals surface area contributed by atoms with Gasteiger partial charge in [-0.1, -0.05) is 72.8 Å². The van der Waals surface area contributed by atoms with Crippen LogP contribution in [0, 0.1) is 0 Å². The lowest BCUT2D eigenvalue weighted by molar-refractivity contribution is 0.1000. The summed E-state index contributed by atoms with van der Waals surface area (Å²) in [7, 11) is 0. The van der Waals surface area contributed by atoms with Crippen LogP contribution in [0.5, 0.6) is 17.2 Å². The van der Waals surface area contributed by atoms with Gasteiger partial charge in [-0.3, -0.25) is 4.79 Å². The predicted octanol–water partition coefficient (Wildman–Crippen LogP) is 5.36. The number of carbonyl (C=O) groups is 1. The maximum atomic E-state index is 11.5. The molecule has 5 rings (SSSR count). The summed E-state index contributed by atoms with van der Waals surface area (Å²) in [6.45, 7) is 2.43. The van der Waals surface area contributed by atoms with Crippen molar-refractivity contribution in [3.05, 3.63) is 125 Å². The molecule has 1 heterocycles. The summed E-state index contributed by atoms with van der Waals surface area (Å²) in [6.07, 6.45) is 1.61. The second kappa shape index (κ2) is 13.0. The molecule has 0 bridgehead atoms. The van der Waals surface area contributed by atoms with Crippen molar-refractivity contribution in [3.63, 3.8) is 0 Å². The molecule has 0 fully saturated rings. The molecule has 0 saturated heterocycles. The number of amides is 1. The van der Waals surface area contributed by atoms with Crippen LogP contribution in [0.3, 0.4) is 0 Å². The van der Waals surface area contributed by atoms with E-state index in [-0.39, 0.29) is 12.0 Å². The van der Waals surface area contributed by atoms with E-state index in [1.54, 1.807) is 18.2 Å². The fourth-order valence-electron chi connectivity index (χ4n) is 5.04. The molecule has 200 valence electrons. The molecule has 1 amide bonds. The third-order valence-corrected chi connectivity index (χ3v) is 6.90. The lowest BCUT2D eigenvalue weighted by Crippen LogP contribution is -2.38. The summed E-state index contributed by atoms with van der Waals surface area (Å²) in [6, 6.07) is 34.6. The van der Waals surface area contributed by atoms with E-state index in [9.17, 15) is 4.79 Å². The first-order chi connectivity index (χ1) is 19.2. The molecule has 4 aromatic carbocycles. The van der Waals surface area contributed by atoms with Crippen LogP contribution >= 0.6 is 0 Å². The molecule has 1 aliphatic rings. The average Bonchev–Trinajstić information content (AvgIpc) is 2.98. The SMILES string of the molecule is NC(=O)c1cccc(OCCCNC(Cc2ccc3c(c2)OCCO3)C(c2ccccc2)c2ccccc2)c1. The Labute approximate surface area is 229 Å². The van der Waals surface area contributed by atoms with Crippen molar-refractivity contribution in [1.82, 2.24) is 5.32 Å². The van der Waals surface area contributed by atoms with Crippen LogP contribution < -0.4 is 25.3 Å². The van der Waals surface area contributed by atoms with Gasteiger partial charge in [0.1, 0.15) is 19.0 Å². The fourth-order valence-corrected chi connectivity index (χ4v) is 5.04. The number of benzene rings is 4. The Balaban J connectivity index is 1.33. The zero-order valence-corrected chi connectivity index (χ0v) is 21.9. The number of nitrogens with one attached hydrogen (secondary N) is 1. The fraction of sp³-hybridized carbons (Fsp3) is 0.242. The van der Waals surface area contributed by atoms with Gasteiger partial charge in [-0.15, -0.1) is 0 Å². The first-order valence-corrected chi connectivity index (χ1v) is 13.4. The summed E-state index contributed by atoms with van der Waals surface area (Å²) in [4.78, 5) is 11.5. The molecule has 1 atom stereocenters. The van der Waals surface area contributed by atoms with Gasteiger partial charge >= 0.3 is 0 Å². The molecule has 1 aliphatic heterocycles. The molecule has 3 N–H and O–H groups in total. The maximum absolute atomic E-state index is 11.5. The van der Waals surface area contributed by atoms with Crippen molar-refractivity contribution >= 4 is 5.91 Å². The predicted molar refractivity (Wildman–Crippen MR) is 153 cm³/mol. The van der Waals surface area contributed by atoms with Crippen LogP contribution in [0.2, 0.25) is 0 Å². The largest absolute Gasteiger partial charge is 0.494 e. The van der Waals surface area contributed by atoms with E-state index in [4.69, 9.17) is 19.9 Å². The molecule has 0 aromatic heterocycles. The number of nitrogens with two attached hydrogens (primary N) is 1. The van der Waals surface area contributed by atoms with Gasteiger partial charge in [0.2, 0.25) is 5.91 Å². The number of hydrogen-bond acceptors (Lipinski definition) is 5. The average molecular weight is 523 g/mol. The maximum Gasteiger partial charge on any atom is 0.248 e. The van der Waals surface area contributed by atoms with Crippen LogP contribution in [0.25, 0.3) is 0 Å². The number of ether oxygens (including phenoxy) is 3. The minimum atomic E-state index is -0.461. The van der Waals surface area contributed by atoms with Gasteiger partial charge in [0.15, 0.2) is 11.5 Å². The van der Waals surface area contributed by atoms with Gasteiger partial charge < -0.3 is 25.3 Å². The Kier molecular flexibility index (Phi) is 8.76. The monoisotopic (exact) mass is 522 g/mol. The van der Waals surface area contributed by atoms with E-state index >= 15 is 0 Å². The number of fused-ring (bicyclic) bond motifs is 1. The molecule has 0 saturated carbocycles.